The summed E-state index contributed by atoms with van der Waals surface area (Å²) >= 11 is 0. The van der Waals surface area contributed by atoms with Gasteiger partial charge in [0.25, 0.3) is 0 Å². The fourth-order valence-electron chi connectivity index (χ4n) is 2.02. The van der Waals surface area contributed by atoms with Gasteiger partial charge in [0.05, 0.1) is 0 Å². The van der Waals surface area contributed by atoms with Crippen LogP contribution in [-0.2, 0) is 6.42 Å². The smallest absolute Gasteiger partial charge is 0.0270 e. The van der Waals surface area contributed by atoms with Crippen LogP contribution in [0, 0.1) is 0 Å². The van der Waals surface area contributed by atoms with E-state index in [4.69, 9.17) is 0 Å². The predicted octanol–water partition coefficient (Wildman–Crippen LogP) is 2.33. The zero-order chi connectivity index (χ0) is 13.4. The molecule has 0 radical (unpaired) electrons. The van der Waals surface area contributed by atoms with Crippen molar-refractivity contribution in [1.82, 2.24) is 15.2 Å². The van der Waals surface area contributed by atoms with E-state index in [1.165, 1.54) is 12.0 Å². The van der Waals surface area contributed by atoms with Crippen LogP contribution in [0.1, 0.15) is 32.8 Å². The van der Waals surface area contributed by atoms with E-state index < -0.39 is 0 Å². The zero-order valence-corrected chi connectivity index (χ0v) is 12.2. The number of pyridine rings is 1. The van der Waals surface area contributed by atoms with Crippen LogP contribution >= 0.6 is 0 Å². The quantitative estimate of drug-likeness (QED) is 0.766. The maximum absolute atomic E-state index is 4.05. The Morgan fingerprint density at radius 1 is 1.28 bits per heavy atom. The molecule has 1 atom stereocenters. The van der Waals surface area contributed by atoms with Gasteiger partial charge in [-0.2, -0.15) is 0 Å². The van der Waals surface area contributed by atoms with E-state index in [0.717, 1.165) is 19.5 Å². The molecule has 1 aromatic heterocycles. The molecule has 0 saturated carbocycles. The lowest BCUT2D eigenvalue weighted by Crippen LogP contribution is -2.42. The predicted molar refractivity (Wildman–Crippen MR) is 77.8 cm³/mol. The Morgan fingerprint density at radius 3 is 2.50 bits per heavy atom. The third-order valence-corrected chi connectivity index (χ3v) is 3.36. The van der Waals surface area contributed by atoms with Gasteiger partial charge in [0, 0.05) is 37.6 Å². The molecule has 1 rings (SSSR count). The van der Waals surface area contributed by atoms with Crippen molar-refractivity contribution in [3.63, 3.8) is 0 Å². The van der Waals surface area contributed by atoms with Crippen molar-refractivity contribution in [1.29, 1.82) is 0 Å². The first-order chi connectivity index (χ1) is 8.63. The summed E-state index contributed by atoms with van der Waals surface area (Å²) in [5.74, 6) is 0. The van der Waals surface area contributed by atoms with Crippen LogP contribution in [0.3, 0.4) is 0 Å². The minimum absolute atomic E-state index is 0.563. The normalized spacial score (nSPS) is 13.2. The molecule has 3 heteroatoms. The van der Waals surface area contributed by atoms with Gasteiger partial charge >= 0.3 is 0 Å². The highest BCUT2D eigenvalue weighted by Gasteiger charge is 2.12. The summed E-state index contributed by atoms with van der Waals surface area (Å²) in [6.07, 6.45) is 6.02. The molecule has 1 unspecified atom stereocenters. The number of aromatic nitrogens is 1. The highest BCUT2D eigenvalue weighted by Crippen LogP contribution is 2.04. The molecule has 18 heavy (non-hydrogen) atoms. The van der Waals surface area contributed by atoms with Gasteiger partial charge in [-0.05, 0) is 37.6 Å². The van der Waals surface area contributed by atoms with Crippen molar-refractivity contribution in [2.75, 3.05) is 20.1 Å². The van der Waals surface area contributed by atoms with Crippen molar-refractivity contribution in [2.45, 2.75) is 45.7 Å². The topological polar surface area (TPSA) is 28.2 Å². The molecule has 0 aliphatic carbocycles. The Kier molecular flexibility index (Phi) is 6.91. The Balaban J connectivity index is 2.35. The largest absolute Gasteiger partial charge is 0.313 e. The lowest BCUT2D eigenvalue weighted by atomic mass is 10.1. The van der Waals surface area contributed by atoms with Crippen LogP contribution in [0.2, 0.25) is 0 Å². The molecule has 0 aliphatic heterocycles. The minimum Gasteiger partial charge on any atom is -0.313 e. The van der Waals surface area contributed by atoms with Gasteiger partial charge in [-0.3, -0.25) is 4.98 Å². The Hall–Kier alpha value is -0.930. The van der Waals surface area contributed by atoms with Crippen LogP contribution < -0.4 is 5.32 Å². The molecular formula is C15H27N3. The van der Waals surface area contributed by atoms with E-state index in [2.05, 4.69) is 55.2 Å². The van der Waals surface area contributed by atoms with Crippen molar-refractivity contribution in [3.8, 4) is 0 Å². The molecule has 0 aromatic carbocycles. The SMILES string of the molecule is CCC(CNC(C)C)N(C)CCc1ccncc1. The fraction of sp³-hybridized carbons (Fsp3) is 0.667. The summed E-state index contributed by atoms with van der Waals surface area (Å²) in [6, 6.07) is 5.38. The minimum atomic E-state index is 0.563. The van der Waals surface area contributed by atoms with E-state index in [1.54, 1.807) is 0 Å². The number of hydrogen-bond donors (Lipinski definition) is 1. The highest BCUT2D eigenvalue weighted by molar-refractivity contribution is 5.09. The van der Waals surface area contributed by atoms with Crippen molar-refractivity contribution < 1.29 is 0 Å². The van der Waals surface area contributed by atoms with E-state index in [0.29, 0.717) is 12.1 Å². The fourth-order valence-corrected chi connectivity index (χ4v) is 2.02. The average molecular weight is 249 g/mol. The van der Waals surface area contributed by atoms with Gasteiger partial charge in [0.2, 0.25) is 0 Å². The van der Waals surface area contributed by atoms with E-state index in [-0.39, 0.29) is 0 Å². The van der Waals surface area contributed by atoms with Crippen molar-refractivity contribution >= 4 is 0 Å². The van der Waals surface area contributed by atoms with Gasteiger partial charge in [-0.15, -0.1) is 0 Å². The van der Waals surface area contributed by atoms with Crippen LogP contribution in [0.4, 0.5) is 0 Å². The zero-order valence-electron chi connectivity index (χ0n) is 12.2. The van der Waals surface area contributed by atoms with Gasteiger partial charge in [-0.1, -0.05) is 20.8 Å². The summed E-state index contributed by atoms with van der Waals surface area (Å²) in [7, 11) is 2.22. The molecule has 102 valence electrons. The number of hydrogen-bond acceptors (Lipinski definition) is 3. The molecule has 1 heterocycles. The van der Waals surface area contributed by atoms with Gasteiger partial charge < -0.3 is 10.2 Å². The number of nitrogens with zero attached hydrogens (tertiary/aromatic N) is 2. The monoisotopic (exact) mass is 249 g/mol. The van der Waals surface area contributed by atoms with E-state index in [1.807, 2.05) is 12.4 Å². The molecule has 0 aliphatic rings. The molecule has 0 saturated heterocycles. The van der Waals surface area contributed by atoms with Crippen molar-refractivity contribution in [3.05, 3.63) is 30.1 Å². The third-order valence-electron chi connectivity index (χ3n) is 3.36. The first-order valence-corrected chi connectivity index (χ1v) is 6.96. The molecule has 0 spiro atoms. The first-order valence-electron chi connectivity index (χ1n) is 6.96. The summed E-state index contributed by atoms with van der Waals surface area (Å²) in [4.78, 5) is 6.50. The van der Waals surface area contributed by atoms with Gasteiger partial charge in [0.15, 0.2) is 0 Å². The Morgan fingerprint density at radius 2 is 1.94 bits per heavy atom. The van der Waals surface area contributed by atoms with Crippen LogP contribution in [0.15, 0.2) is 24.5 Å². The summed E-state index contributed by atoms with van der Waals surface area (Å²) < 4.78 is 0. The Bertz CT molecular complexity index is 311. The lowest BCUT2D eigenvalue weighted by Gasteiger charge is -2.28. The highest BCUT2D eigenvalue weighted by atomic mass is 15.1. The van der Waals surface area contributed by atoms with Crippen molar-refractivity contribution in [2.24, 2.45) is 0 Å². The maximum Gasteiger partial charge on any atom is 0.0270 e. The molecule has 1 N–H and O–H groups in total. The number of likely N-dealkylation sites (N-methyl/N-ethyl adjacent to an activating group) is 1. The number of rotatable bonds is 8. The van der Waals surface area contributed by atoms with Crippen LogP contribution in [0.5, 0.6) is 0 Å². The second-order valence-electron chi connectivity index (χ2n) is 5.21. The summed E-state index contributed by atoms with van der Waals surface area (Å²) in [5.41, 5.74) is 1.36. The summed E-state index contributed by atoms with van der Waals surface area (Å²) in [6.45, 7) is 8.83. The standard InChI is InChI=1S/C15H27N3/c1-5-15(12-17-13(2)3)18(4)11-8-14-6-9-16-10-7-14/h6-7,9-10,13,15,17H,5,8,11-12H2,1-4H3. The second kappa shape index (κ2) is 8.22. The average Bonchev–Trinajstić information content (AvgIpc) is 2.38. The lowest BCUT2D eigenvalue weighted by molar-refractivity contribution is 0.228. The van der Waals surface area contributed by atoms with Gasteiger partial charge in [-0.25, -0.2) is 0 Å². The first kappa shape index (κ1) is 15.1. The molecule has 1 aromatic rings. The Labute approximate surface area is 112 Å². The molecule has 3 nitrogen and oxygen atoms in total. The van der Waals surface area contributed by atoms with Crippen LogP contribution in [0.25, 0.3) is 0 Å². The maximum atomic E-state index is 4.05. The molecule has 0 bridgehead atoms. The molecule has 0 fully saturated rings. The second-order valence-corrected chi connectivity index (χ2v) is 5.21. The number of nitrogens with one attached hydrogen (secondary N) is 1. The van der Waals surface area contributed by atoms with E-state index >= 15 is 0 Å². The molecular weight excluding hydrogens is 222 g/mol. The summed E-state index contributed by atoms with van der Waals surface area (Å²) in [5, 5.41) is 3.52. The molecule has 0 amide bonds. The van der Waals surface area contributed by atoms with E-state index in [9.17, 15) is 0 Å². The third kappa shape index (κ3) is 5.61. The van der Waals surface area contributed by atoms with Crippen LogP contribution in [-0.4, -0.2) is 42.1 Å². The van der Waals surface area contributed by atoms with Gasteiger partial charge in [0.1, 0.15) is 0 Å².